The molecule has 0 unspecified atom stereocenters. The Morgan fingerprint density at radius 2 is 1.75 bits per heavy atom. The van der Waals surface area contributed by atoms with Crippen molar-refractivity contribution in [2.24, 2.45) is 0 Å². The Kier molecular flexibility index (Phi) is 4.02. The molecular formula is C30H28O2. The minimum absolute atomic E-state index is 0.0782. The van der Waals surface area contributed by atoms with Crippen molar-refractivity contribution in [3.63, 3.8) is 0 Å². The lowest BCUT2D eigenvalue weighted by molar-refractivity contribution is 0.0526. The number of carbonyl (C=O) groups excluding carboxylic acids is 1. The molecule has 1 aliphatic carbocycles. The third-order valence-electron chi connectivity index (χ3n) is 5.50. The average Bonchev–Trinajstić information content (AvgIpc) is 2.87. The molecule has 3 aromatic rings. The van der Waals surface area contributed by atoms with E-state index in [2.05, 4.69) is 25.7 Å². The van der Waals surface area contributed by atoms with E-state index in [-0.39, 0.29) is 23.1 Å². The third kappa shape index (κ3) is 4.53. The summed E-state index contributed by atoms with van der Waals surface area (Å²) in [4.78, 5) is 11.9. The Balaban J connectivity index is 1.80. The lowest BCUT2D eigenvalue weighted by Crippen LogP contribution is -2.22. The van der Waals surface area contributed by atoms with Gasteiger partial charge in [-0.25, -0.2) is 4.79 Å². The summed E-state index contributed by atoms with van der Waals surface area (Å²) in [6.07, 6.45) is 2.50. The van der Waals surface area contributed by atoms with Crippen LogP contribution in [0.2, 0.25) is 0 Å². The van der Waals surface area contributed by atoms with Crippen molar-refractivity contribution < 1.29 is 19.1 Å². The van der Waals surface area contributed by atoms with Gasteiger partial charge >= 0.3 is 5.97 Å². The zero-order valence-electron chi connectivity index (χ0n) is 25.3. The van der Waals surface area contributed by atoms with Gasteiger partial charge in [-0.2, -0.15) is 0 Å². The molecule has 0 amide bonds. The monoisotopic (exact) mass is 427 g/mol. The highest BCUT2D eigenvalue weighted by Crippen LogP contribution is 2.41. The summed E-state index contributed by atoms with van der Waals surface area (Å²) in [6.45, 7) is 3.45. The van der Waals surface area contributed by atoms with Gasteiger partial charge < -0.3 is 4.74 Å². The predicted octanol–water partition coefficient (Wildman–Crippen LogP) is 6.68. The van der Waals surface area contributed by atoms with Crippen molar-refractivity contribution in [3.05, 3.63) is 112 Å². The van der Waals surface area contributed by atoms with Crippen molar-refractivity contribution in [2.75, 3.05) is 6.61 Å². The summed E-state index contributed by atoms with van der Waals surface area (Å²) in [5.74, 6) is 5.82. The fraction of sp³-hybridized carbons (Fsp3) is 0.233. The third-order valence-corrected chi connectivity index (χ3v) is 5.50. The number of esters is 1. The van der Waals surface area contributed by atoms with Crippen LogP contribution in [0.4, 0.5) is 0 Å². The Morgan fingerprint density at radius 3 is 2.44 bits per heavy atom. The van der Waals surface area contributed by atoms with E-state index in [4.69, 9.17) is 14.3 Å². The second-order valence-electron chi connectivity index (χ2n) is 8.26. The average molecular weight is 428 g/mol. The van der Waals surface area contributed by atoms with Crippen LogP contribution >= 0.6 is 0 Å². The van der Waals surface area contributed by atoms with Crippen LogP contribution in [0.15, 0.2) is 72.7 Å². The van der Waals surface area contributed by atoms with Crippen LogP contribution in [-0.4, -0.2) is 12.6 Å². The number of ether oxygens (including phenoxy) is 1. The fourth-order valence-corrected chi connectivity index (χ4v) is 3.74. The molecule has 0 saturated heterocycles. The van der Waals surface area contributed by atoms with Crippen LogP contribution in [0, 0.1) is 18.7 Å². The van der Waals surface area contributed by atoms with Gasteiger partial charge in [-0.05, 0) is 84.3 Å². The first-order valence-corrected chi connectivity index (χ1v) is 10.5. The van der Waals surface area contributed by atoms with Gasteiger partial charge in [0.1, 0.15) is 0 Å². The molecule has 0 saturated carbocycles. The van der Waals surface area contributed by atoms with Gasteiger partial charge in [0, 0.05) is 15.2 Å². The molecule has 0 bridgehead atoms. The summed E-state index contributed by atoms with van der Waals surface area (Å²) < 4.78 is 62.0. The Morgan fingerprint density at radius 1 is 1.06 bits per heavy atom. The van der Waals surface area contributed by atoms with E-state index in [1.807, 2.05) is 24.3 Å². The largest absolute Gasteiger partial charge is 0.462 e. The standard InChI is InChI=1S/C30H28O2/c1-5-32-29(31)25-15-10-22(11-16-25)8-9-23-12-17-28-27(20-23)26(18-19-30(28,3)4)24-13-6-21(2)7-14-24/h6-7,10-18,20H,5,19H2,1-4H3/i2D3,6D,7D,13D,14D. The Bertz CT molecular complexity index is 1520. The molecule has 1 aliphatic rings. The first kappa shape index (κ1) is 14.5. The minimum atomic E-state index is -2.77. The summed E-state index contributed by atoms with van der Waals surface area (Å²) in [5, 5.41) is 0. The van der Waals surface area contributed by atoms with Crippen molar-refractivity contribution in [1.29, 1.82) is 0 Å². The molecule has 160 valence electrons. The quantitative estimate of drug-likeness (QED) is 0.344. The van der Waals surface area contributed by atoms with Gasteiger partial charge in [0.25, 0.3) is 0 Å². The number of carbonyl (C=O) groups is 1. The van der Waals surface area contributed by atoms with Crippen LogP contribution in [0.1, 0.15) is 80.5 Å². The first-order chi connectivity index (χ1) is 18.3. The van der Waals surface area contributed by atoms with E-state index in [1.54, 1.807) is 31.2 Å². The van der Waals surface area contributed by atoms with Crippen molar-refractivity contribution >= 4 is 11.5 Å². The van der Waals surface area contributed by atoms with E-state index in [9.17, 15) is 4.79 Å². The molecule has 0 aliphatic heterocycles. The van der Waals surface area contributed by atoms with Gasteiger partial charge in [0.2, 0.25) is 0 Å². The number of allylic oxidation sites excluding steroid dienone is 1. The Labute approximate surface area is 200 Å². The van der Waals surface area contributed by atoms with E-state index in [1.165, 1.54) is 0 Å². The number of hydrogen-bond donors (Lipinski definition) is 0. The molecule has 0 fully saturated rings. The van der Waals surface area contributed by atoms with Gasteiger partial charge in [-0.15, -0.1) is 0 Å². The van der Waals surface area contributed by atoms with Gasteiger partial charge in [0.05, 0.1) is 17.7 Å². The van der Waals surface area contributed by atoms with E-state index < -0.39 is 30.5 Å². The number of benzene rings is 3. The van der Waals surface area contributed by atoms with E-state index in [0.717, 1.165) is 11.1 Å². The molecule has 0 spiro atoms. The molecule has 0 aromatic heterocycles. The lowest BCUT2D eigenvalue weighted by Gasteiger charge is -2.32. The summed E-state index contributed by atoms with van der Waals surface area (Å²) >= 11 is 0. The van der Waals surface area contributed by atoms with E-state index >= 15 is 0 Å². The highest BCUT2D eigenvalue weighted by molar-refractivity contribution is 5.89. The zero-order chi connectivity index (χ0) is 28.7. The first-order valence-electron chi connectivity index (χ1n) is 14.0. The molecule has 0 heterocycles. The molecule has 0 atom stereocenters. The molecule has 2 heteroatoms. The predicted molar refractivity (Wildman–Crippen MR) is 131 cm³/mol. The van der Waals surface area contributed by atoms with Gasteiger partial charge in [-0.1, -0.05) is 67.6 Å². The molecule has 32 heavy (non-hydrogen) atoms. The van der Waals surface area contributed by atoms with Crippen molar-refractivity contribution in [1.82, 2.24) is 0 Å². The Hall–Kier alpha value is -3.57. The topological polar surface area (TPSA) is 26.3 Å². The molecule has 4 rings (SSSR count). The normalized spacial score (nSPS) is 17.5. The maximum Gasteiger partial charge on any atom is 0.338 e. The van der Waals surface area contributed by atoms with Crippen LogP contribution in [0.5, 0.6) is 0 Å². The molecule has 2 nitrogen and oxygen atoms in total. The molecule has 0 N–H and O–H groups in total. The number of hydrogen-bond acceptors (Lipinski definition) is 2. The van der Waals surface area contributed by atoms with Crippen LogP contribution < -0.4 is 0 Å². The molecule has 0 radical (unpaired) electrons. The highest BCUT2D eigenvalue weighted by Gasteiger charge is 2.28. The SMILES string of the molecule is [2H]c1c([2H])c(C([2H])([2H])[2H])c([2H])c([2H])c1C1=CCC(C)(C)c2ccc(C#Cc3ccc(C(=O)OCC)cc3)cc21. The molecular weight excluding hydrogens is 392 g/mol. The maximum absolute atomic E-state index is 11.9. The van der Waals surface area contributed by atoms with Crippen LogP contribution in [0.3, 0.4) is 0 Å². The second-order valence-corrected chi connectivity index (χ2v) is 8.26. The van der Waals surface area contributed by atoms with Crippen molar-refractivity contribution in [2.45, 2.75) is 39.5 Å². The van der Waals surface area contributed by atoms with Gasteiger partial charge in [0.15, 0.2) is 0 Å². The summed E-state index contributed by atoms with van der Waals surface area (Å²) in [7, 11) is 0. The lowest BCUT2D eigenvalue weighted by atomic mass is 9.72. The van der Waals surface area contributed by atoms with Gasteiger partial charge in [-0.3, -0.25) is 0 Å². The smallest absolute Gasteiger partial charge is 0.338 e. The van der Waals surface area contributed by atoms with Crippen molar-refractivity contribution in [3.8, 4) is 11.8 Å². The fourth-order valence-electron chi connectivity index (χ4n) is 3.74. The number of fused-ring (bicyclic) bond motifs is 1. The number of rotatable bonds is 3. The second kappa shape index (κ2) is 8.89. The van der Waals surface area contributed by atoms with Crippen LogP contribution in [0.25, 0.3) is 5.57 Å². The summed E-state index contributed by atoms with van der Waals surface area (Å²) in [6, 6.07) is 10.7. The molecule has 3 aromatic carbocycles. The summed E-state index contributed by atoms with van der Waals surface area (Å²) in [5.41, 5.74) is 3.32. The minimum Gasteiger partial charge on any atom is -0.462 e. The van der Waals surface area contributed by atoms with Crippen LogP contribution in [-0.2, 0) is 10.2 Å². The highest BCUT2D eigenvalue weighted by atomic mass is 16.5. The van der Waals surface area contributed by atoms with E-state index in [0.29, 0.717) is 35.3 Å². The maximum atomic E-state index is 11.9. The zero-order valence-corrected chi connectivity index (χ0v) is 18.3.